The Hall–Kier alpha value is -1.03. The van der Waals surface area contributed by atoms with Crippen LogP contribution in [0.15, 0.2) is 22.7 Å². The van der Waals surface area contributed by atoms with Gasteiger partial charge in [-0.3, -0.25) is 0 Å². The van der Waals surface area contributed by atoms with Crippen LogP contribution in [0.25, 0.3) is 0 Å². The first kappa shape index (κ1) is 12.0. The van der Waals surface area contributed by atoms with Crippen molar-refractivity contribution in [3.63, 3.8) is 0 Å². The number of ether oxygens (including phenoxy) is 2. The third-order valence-electron chi connectivity index (χ3n) is 1.72. The van der Waals surface area contributed by atoms with Crippen molar-refractivity contribution in [2.75, 3.05) is 7.11 Å². The van der Waals surface area contributed by atoms with Crippen molar-refractivity contribution in [2.24, 2.45) is 0 Å². The van der Waals surface area contributed by atoms with Gasteiger partial charge in [0.2, 0.25) is 0 Å². The maximum Gasteiger partial charge on any atom is 0.339 e. The summed E-state index contributed by atoms with van der Waals surface area (Å²) in [5.41, 5.74) is 0.494. The molecule has 0 saturated carbocycles. The van der Waals surface area contributed by atoms with E-state index in [2.05, 4.69) is 20.7 Å². The number of esters is 1. The average Bonchev–Trinajstić information content (AvgIpc) is 2.16. The summed E-state index contributed by atoms with van der Waals surface area (Å²) in [5.74, 6) is 0.363. The largest absolute Gasteiger partial charge is 0.491 e. The molecular weight excluding hydrogens is 260 g/mol. The van der Waals surface area contributed by atoms with Gasteiger partial charge in [0.1, 0.15) is 5.75 Å². The molecule has 1 aromatic carbocycles. The molecule has 82 valence electrons. The van der Waals surface area contributed by atoms with Crippen molar-refractivity contribution in [3.8, 4) is 5.75 Å². The number of hydrogen-bond acceptors (Lipinski definition) is 3. The molecule has 0 unspecified atom stereocenters. The van der Waals surface area contributed by atoms with E-state index < -0.39 is 0 Å². The maximum atomic E-state index is 11.3. The van der Waals surface area contributed by atoms with E-state index in [0.717, 1.165) is 5.75 Å². The lowest BCUT2D eigenvalue weighted by Gasteiger charge is -2.10. The van der Waals surface area contributed by atoms with Gasteiger partial charge in [-0.1, -0.05) is 0 Å². The molecule has 0 N–H and O–H groups in total. The van der Waals surface area contributed by atoms with Gasteiger partial charge in [0, 0.05) is 4.47 Å². The molecule has 3 nitrogen and oxygen atoms in total. The number of rotatable bonds is 3. The zero-order valence-corrected chi connectivity index (χ0v) is 10.5. The standard InChI is InChI=1S/C11H13BrO3/c1-7(2)15-8-4-5-9(10(12)6-8)11(13)14-3/h4-7H,1-3H3. The van der Waals surface area contributed by atoms with Crippen molar-refractivity contribution < 1.29 is 14.3 Å². The number of halogens is 1. The topological polar surface area (TPSA) is 35.5 Å². The summed E-state index contributed by atoms with van der Waals surface area (Å²) in [6.07, 6.45) is 0.112. The highest BCUT2D eigenvalue weighted by molar-refractivity contribution is 9.10. The van der Waals surface area contributed by atoms with Gasteiger partial charge in [-0.15, -0.1) is 0 Å². The molecule has 15 heavy (non-hydrogen) atoms. The second-order valence-electron chi connectivity index (χ2n) is 3.30. The molecule has 0 bridgehead atoms. The predicted octanol–water partition coefficient (Wildman–Crippen LogP) is 3.02. The van der Waals surface area contributed by atoms with Gasteiger partial charge in [0.15, 0.2) is 0 Å². The fourth-order valence-electron chi connectivity index (χ4n) is 1.12. The summed E-state index contributed by atoms with van der Waals surface area (Å²) < 4.78 is 10.8. The molecule has 0 amide bonds. The number of carbonyl (C=O) groups is 1. The highest BCUT2D eigenvalue weighted by Crippen LogP contribution is 2.24. The van der Waals surface area contributed by atoms with Crippen molar-refractivity contribution in [1.82, 2.24) is 0 Å². The molecule has 0 aliphatic heterocycles. The van der Waals surface area contributed by atoms with E-state index in [-0.39, 0.29) is 12.1 Å². The lowest BCUT2D eigenvalue weighted by Crippen LogP contribution is -2.07. The van der Waals surface area contributed by atoms with Crippen LogP contribution in [0.3, 0.4) is 0 Å². The first-order chi connectivity index (χ1) is 7.04. The Morgan fingerprint density at radius 2 is 2.07 bits per heavy atom. The van der Waals surface area contributed by atoms with Gasteiger partial charge in [0.05, 0.1) is 18.8 Å². The second kappa shape index (κ2) is 5.16. The van der Waals surface area contributed by atoms with Gasteiger partial charge >= 0.3 is 5.97 Å². The third-order valence-corrected chi connectivity index (χ3v) is 2.37. The van der Waals surface area contributed by atoms with Gasteiger partial charge in [-0.25, -0.2) is 4.79 Å². The van der Waals surface area contributed by atoms with E-state index in [1.807, 2.05) is 13.8 Å². The minimum absolute atomic E-state index is 0.112. The molecule has 0 radical (unpaired) electrons. The highest BCUT2D eigenvalue weighted by atomic mass is 79.9. The smallest absolute Gasteiger partial charge is 0.339 e. The van der Waals surface area contributed by atoms with E-state index in [1.54, 1.807) is 18.2 Å². The molecule has 0 fully saturated rings. The molecule has 0 aromatic heterocycles. The Morgan fingerprint density at radius 3 is 2.53 bits per heavy atom. The van der Waals surface area contributed by atoms with Crippen LogP contribution in [0.4, 0.5) is 0 Å². The van der Waals surface area contributed by atoms with Crippen LogP contribution in [0.2, 0.25) is 0 Å². The van der Waals surface area contributed by atoms with Crippen LogP contribution >= 0.6 is 15.9 Å². The zero-order valence-electron chi connectivity index (χ0n) is 8.91. The fraction of sp³-hybridized carbons (Fsp3) is 0.364. The number of benzene rings is 1. The predicted molar refractivity (Wildman–Crippen MR) is 61.2 cm³/mol. The van der Waals surface area contributed by atoms with E-state index in [4.69, 9.17) is 4.74 Å². The lowest BCUT2D eigenvalue weighted by molar-refractivity contribution is 0.0599. The van der Waals surface area contributed by atoms with Crippen LogP contribution in [0.5, 0.6) is 5.75 Å². The first-order valence-electron chi connectivity index (χ1n) is 4.59. The first-order valence-corrected chi connectivity index (χ1v) is 5.38. The number of carbonyl (C=O) groups excluding carboxylic acids is 1. The molecule has 1 aromatic rings. The van der Waals surface area contributed by atoms with Crippen molar-refractivity contribution in [3.05, 3.63) is 28.2 Å². The van der Waals surface area contributed by atoms with Crippen LogP contribution in [-0.4, -0.2) is 19.2 Å². The van der Waals surface area contributed by atoms with Crippen molar-refractivity contribution in [2.45, 2.75) is 20.0 Å². The third kappa shape index (κ3) is 3.23. The van der Waals surface area contributed by atoms with Crippen molar-refractivity contribution in [1.29, 1.82) is 0 Å². The zero-order chi connectivity index (χ0) is 11.4. The van der Waals surface area contributed by atoms with E-state index in [9.17, 15) is 4.79 Å². The normalized spacial score (nSPS) is 10.2. The summed E-state index contributed by atoms with van der Waals surface area (Å²) in [6.45, 7) is 3.89. The molecular formula is C11H13BrO3. The number of methoxy groups -OCH3 is 1. The lowest BCUT2D eigenvalue weighted by atomic mass is 10.2. The highest BCUT2D eigenvalue weighted by Gasteiger charge is 2.11. The minimum atomic E-state index is -0.363. The molecule has 0 atom stereocenters. The Kier molecular flexibility index (Phi) is 4.15. The maximum absolute atomic E-state index is 11.3. The van der Waals surface area contributed by atoms with E-state index in [0.29, 0.717) is 10.0 Å². The Morgan fingerprint density at radius 1 is 1.40 bits per heavy atom. The molecule has 0 spiro atoms. The monoisotopic (exact) mass is 272 g/mol. The molecule has 4 heteroatoms. The second-order valence-corrected chi connectivity index (χ2v) is 4.15. The average molecular weight is 273 g/mol. The van der Waals surface area contributed by atoms with Gasteiger partial charge in [-0.2, -0.15) is 0 Å². The Bertz CT molecular complexity index is 361. The quantitative estimate of drug-likeness (QED) is 0.794. The molecule has 0 heterocycles. The van der Waals surface area contributed by atoms with E-state index in [1.165, 1.54) is 7.11 Å². The van der Waals surface area contributed by atoms with E-state index >= 15 is 0 Å². The molecule has 0 aliphatic carbocycles. The SMILES string of the molecule is COC(=O)c1ccc(OC(C)C)cc1Br. The van der Waals surface area contributed by atoms with Crippen LogP contribution < -0.4 is 4.74 Å². The van der Waals surface area contributed by atoms with Crippen LogP contribution in [0.1, 0.15) is 24.2 Å². The fourth-order valence-corrected chi connectivity index (χ4v) is 1.64. The van der Waals surface area contributed by atoms with Crippen molar-refractivity contribution >= 4 is 21.9 Å². The van der Waals surface area contributed by atoms with Crippen LogP contribution in [-0.2, 0) is 4.74 Å². The van der Waals surface area contributed by atoms with Gasteiger partial charge < -0.3 is 9.47 Å². The summed E-state index contributed by atoms with van der Waals surface area (Å²) in [7, 11) is 1.35. The minimum Gasteiger partial charge on any atom is -0.491 e. The summed E-state index contributed by atoms with van der Waals surface area (Å²) in [5, 5.41) is 0. The molecule has 1 rings (SSSR count). The molecule has 0 aliphatic rings. The summed E-state index contributed by atoms with van der Waals surface area (Å²) in [4.78, 5) is 11.3. The summed E-state index contributed by atoms with van der Waals surface area (Å²) >= 11 is 3.30. The Labute approximate surface area is 97.5 Å². The Balaban J connectivity index is 2.93. The summed E-state index contributed by atoms with van der Waals surface area (Å²) in [6, 6.07) is 5.18. The van der Waals surface area contributed by atoms with Gasteiger partial charge in [-0.05, 0) is 48.0 Å². The number of hydrogen-bond donors (Lipinski definition) is 0. The molecule has 0 saturated heterocycles. The van der Waals surface area contributed by atoms with Crippen LogP contribution in [0, 0.1) is 0 Å². The van der Waals surface area contributed by atoms with Gasteiger partial charge in [0.25, 0.3) is 0 Å².